The molecule has 0 spiro atoms. The summed E-state index contributed by atoms with van der Waals surface area (Å²) in [5, 5.41) is 23.8. The third-order valence-electron chi connectivity index (χ3n) is 3.75. The first-order valence-electron chi connectivity index (χ1n) is 8.26. The quantitative estimate of drug-likeness (QED) is 0.505. The summed E-state index contributed by atoms with van der Waals surface area (Å²) in [6.07, 6.45) is 0.530. The summed E-state index contributed by atoms with van der Waals surface area (Å²) in [5.74, 6) is -2.57. The van der Waals surface area contributed by atoms with E-state index in [1.165, 1.54) is 6.92 Å². The fourth-order valence-corrected chi connectivity index (χ4v) is 2.44. The van der Waals surface area contributed by atoms with Crippen molar-refractivity contribution >= 4 is 17.8 Å². The summed E-state index contributed by atoms with van der Waals surface area (Å²) in [6, 6.07) is 6.22. The summed E-state index contributed by atoms with van der Waals surface area (Å²) < 4.78 is 0. The molecule has 7 heteroatoms. The lowest BCUT2D eigenvalue weighted by Gasteiger charge is -2.23. The van der Waals surface area contributed by atoms with Crippen LogP contribution in [0.15, 0.2) is 30.3 Å². The molecule has 7 nitrogen and oxygen atoms in total. The van der Waals surface area contributed by atoms with Gasteiger partial charge in [0.1, 0.15) is 12.1 Å². The third-order valence-corrected chi connectivity index (χ3v) is 3.75. The summed E-state index contributed by atoms with van der Waals surface area (Å²) in [6.45, 7) is 5.30. The molecule has 1 aromatic rings. The predicted octanol–water partition coefficient (Wildman–Crippen LogP) is 1.28. The summed E-state index contributed by atoms with van der Waals surface area (Å²) in [5.41, 5.74) is 0.791. The SMILES string of the molecule is CC(C)CC(N[C@@H](C)C(=O)N[C@@H](Cc1ccccc1)C(=O)O)C(=O)O. The van der Waals surface area contributed by atoms with Crippen molar-refractivity contribution in [3.05, 3.63) is 35.9 Å². The second kappa shape index (κ2) is 9.78. The Morgan fingerprint density at radius 1 is 0.960 bits per heavy atom. The molecule has 25 heavy (non-hydrogen) atoms. The van der Waals surface area contributed by atoms with E-state index in [1.54, 1.807) is 24.3 Å². The van der Waals surface area contributed by atoms with Crippen LogP contribution in [-0.4, -0.2) is 46.2 Å². The molecule has 0 aliphatic carbocycles. The Bertz CT molecular complexity index is 588. The van der Waals surface area contributed by atoms with E-state index in [1.807, 2.05) is 19.9 Å². The lowest BCUT2D eigenvalue weighted by Crippen LogP contribution is -2.53. The molecule has 0 heterocycles. The molecule has 1 aromatic carbocycles. The van der Waals surface area contributed by atoms with Crippen molar-refractivity contribution in [1.82, 2.24) is 10.6 Å². The van der Waals surface area contributed by atoms with Gasteiger partial charge < -0.3 is 15.5 Å². The van der Waals surface area contributed by atoms with Crippen LogP contribution < -0.4 is 10.6 Å². The standard InChI is InChI=1S/C18H26N2O5/c1-11(2)9-14(17(22)23)19-12(3)16(21)20-15(18(24)25)10-13-7-5-4-6-8-13/h4-8,11-12,14-15,19H,9-10H2,1-3H3,(H,20,21)(H,22,23)(H,24,25)/t12-,14?,15-/m0/s1. The van der Waals surface area contributed by atoms with E-state index in [4.69, 9.17) is 0 Å². The highest BCUT2D eigenvalue weighted by Gasteiger charge is 2.27. The van der Waals surface area contributed by atoms with E-state index in [-0.39, 0.29) is 12.3 Å². The Morgan fingerprint density at radius 2 is 1.52 bits per heavy atom. The van der Waals surface area contributed by atoms with E-state index >= 15 is 0 Å². The van der Waals surface area contributed by atoms with Crippen molar-refractivity contribution in [2.75, 3.05) is 0 Å². The maximum Gasteiger partial charge on any atom is 0.326 e. The number of hydrogen-bond acceptors (Lipinski definition) is 4. The molecule has 0 saturated heterocycles. The van der Waals surface area contributed by atoms with E-state index in [9.17, 15) is 24.6 Å². The zero-order valence-corrected chi connectivity index (χ0v) is 14.7. The maximum atomic E-state index is 12.3. The number of benzene rings is 1. The van der Waals surface area contributed by atoms with Crippen molar-refractivity contribution in [2.45, 2.75) is 51.7 Å². The summed E-state index contributed by atoms with van der Waals surface area (Å²) in [7, 11) is 0. The van der Waals surface area contributed by atoms with Crippen molar-refractivity contribution in [3.8, 4) is 0 Å². The van der Waals surface area contributed by atoms with Crippen LogP contribution in [0.3, 0.4) is 0 Å². The molecule has 0 aromatic heterocycles. The number of aliphatic carboxylic acids is 2. The highest BCUT2D eigenvalue weighted by Crippen LogP contribution is 2.07. The first-order chi connectivity index (χ1) is 11.7. The molecule has 1 unspecified atom stereocenters. The van der Waals surface area contributed by atoms with Gasteiger partial charge in [0, 0.05) is 6.42 Å². The minimum absolute atomic E-state index is 0.147. The van der Waals surface area contributed by atoms with Gasteiger partial charge in [0.25, 0.3) is 0 Å². The van der Waals surface area contributed by atoms with E-state index in [2.05, 4.69) is 10.6 Å². The fraction of sp³-hybridized carbons (Fsp3) is 0.500. The van der Waals surface area contributed by atoms with Gasteiger partial charge in [0.15, 0.2) is 0 Å². The fourth-order valence-electron chi connectivity index (χ4n) is 2.44. The van der Waals surface area contributed by atoms with Crippen molar-refractivity contribution in [2.24, 2.45) is 5.92 Å². The van der Waals surface area contributed by atoms with Crippen LogP contribution in [0.2, 0.25) is 0 Å². The number of carboxylic acids is 2. The normalized spacial score (nSPS) is 14.6. The van der Waals surface area contributed by atoms with E-state index in [0.717, 1.165) is 5.56 Å². The van der Waals surface area contributed by atoms with Gasteiger partial charge >= 0.3 is 11.9 Å². The molecule has 0 aliphatic rings. The van der Waals surface area contributed by atoms with Gasteiger partial charge in [0.05, 0.1) is 6.04 Å². The van der Waals surface area contributed by atoms with Gasteiger partial charge in [-0.2, -0.15) is 0 Å². The van der Waals surface area contributed by atoms with E-state index < -0.39 is 36.0 Å². The molecular formula is C18H26N2O5. The average molecular weight is 350 g/mol. The molecule has 0 bridgehead atoms. The summed E-state index contributed by atoms with van der Waals surface area (Å²) in [4.78, 5) is 34.9. The lowest BCUT2D eigenvalue weighted by molar-refractivity contribution is -0.143. The maximum absolute atomic E-state index is 12.3. The van der Waals surface area contributed by atoms with Gasteiger partial charge in [-0.1, -0.05) is 44.2 Å². The number of rotatable bonds is 10. The minimum Gasteiger partial charge on any atom is -0.480 e. The molecule has 138 valence electrons. The molecular weight excluding hydrogens is 324 g/mol. The number of carboxylic acid groups (broad SMARTS) is 2. The number of nitrogens with one attached hydrogen (secondary N) is 2. The van der Waals surface area contributed by atoms with Crippen LogP contribution in [0.25, 0.3) is 0 Å². The molecule has 4 N–H and O–H groups in total. The Hall–Kier alpha value is -2.41. The predicted molar refractivity (Wildman–Crippen MR) is 93.2 cm³/mol. The van der Waals surface area contributed by atoms with Gasteiger partial charge in [-0.3, -0.25) is 14.9 Å². The van der Waals surface area contributed by atoms with Crippen molar-refractivity contribution in [1.29, 1.82) is 0 Å². The number of carbonyl (C=O) groups is 3. The van der Waals surface area contributed by atoms with Crippen LogP contribution in [0.5, 0.6) is 0 Å². The molecule has 0 fully saturated rings. The molecule has 1 rings (SSSR count). The summed E-state index contributed by atoms with van der Waals surface area (Å²) >= 11 is 0. The lowest BCUT2D eigenvalue weighted by atomic mass is 10.0. The average Bonchev–Trinajstić information content (AvgIpc) is 2.53. The van der Waals surface area contributed by atoms with Gasteiger partial charge in [0.2, 0.25) is 5.91 Å². The molecule has 0 aliphatic heterocycles. The highest BCUT2D eigenvalue weighted by atomic mass is 16.4. The minimum atomic E-state index is -1.14. The zero-order chi connectivity index (χ0) is 19.0. The van der Waals surface area contributed by atoms with Crippen LogP contribution >= 0.6 is 0 Å². The smallest absolute Gasteiger partial charge is 0.326 e. The van der Waals surface area contributed by atoms with Gasteiger partial charge in [-0.15, -0.1) is 0 Å². The third kappa shape index (κ3) is 7.34. The second-order valence-corrected chi connectivity index (χ2v) is 6.50. The Kier molecular flexibility index (Phi) is 8.07. The Labute approximate surface area is 147 Å². The first kappa shape index (κ1) is 20.6. The van der Waals surface area contributed by atoms with Crippen LogP contribution in [-0.2, 0) is 20.8 Å². The Balaban J connectivity index is 2.69. The van der Waals surface area contributed by atoms with Gasteiger partial charge in [-0.05, 0) is 24.8 Å². The van der Waals surface area contributed by atoms with Gasteiger partial charge in [-0.25, -0.2) is 4.79 Å². The van der Waals surface area contributed by atoms with Crippen molar-refractivity contribution in [3.63, 3.8) is 0 Å². The second-order valence-electron chi connectivity index (χ2n) is 6.50. The molecule has 3 atom stereocenters. The van der Waals surface area contributed by atoms with Crippen molar-refractivity contribution < 1.29 is 24.6 Å². The van der Waals surface area contributed by atoms with E-state index in [0.29, 0.717) is 6.42 Å². The highest BCUT2D eigenvalue weighted by molar-refractivity contribution is 5.87. The molecule has 0 radical (unpaired) electrons. The van der Waals surface area contributed by atoms with Crippen LogP contribution in [0, 0.1) is 5.92 Å². The van der Waals surface area contributed by atoms with Crippen LogP contribution in [0.4, 0.5) is 0 Å². The Morgan fingerprint density at radius 3 is 2.00 bits per heavy atom. The molecule has 1 amide bonds. The molecule has 0 saturated carbocycles. The number of hydrogen-bond donors (Lipinski definition) is 4. The zero-order valence-electron chi connectivity index (χ0n) is 14.7. The first-order valence-corrected chi connectivity index (χ1v) is 8.26. The topological polar surface area (TPSA) is 116 Å². The number of amides is 1. The van der Waals surface area contributed by atoms with Crippen LogP contribution in [0.1, 0.15) is 32.8 Å². The largest absolute Gasteiger partial charge is 0.480 e. The monoisotopic (exact) mass is 350 g/mol. The number of carbonyl (C=O) groups excluding carboxylic acids is 1.